The molecule has 0 aliphatic heterocycles. The molecule has 0 atom stereocenters. The minimum absolute atomic E-state index is 0.118. The highest BCUT2D eigenvalue weighted by Crippen LogP contribution is 2.34. The Balaban J connectivity index is 0.000000320. The van der Waals surface area contributed by atoms with Crippen molar-refractivity contribution in [2.75, 3.05) is 0 Å². The predicted molar refractivity (Wildman–Crippen MR) is 131 cm³/mol. The summed E-state index contributed by atoms with van der Waals surface area (Å²) in [6, 6.07) is 8.16. The van der Waals surface area contributed by atoms with Crippen LogP contribution in [0.15, 0.2) is 36.7 Å². The number of hydrogen-bond donors (Lipinski definition) is 1. The Morgan fingerprint density at radius 3 is 2.40 bits per heavy atom. The minimum Gasteiger partial charge on any atom is -0.366 e. The molecule has 2 heterocycles. The van der Waals surface area contributed by atoms with Gasteiger partial charge in [-0.3, -0.25) is 9.48 Å². The Kier molecular flexibility index (Phi) is 8.31. The van der Waals surface area contributed by atoms with Gasteiger partial charge in [-0.05, 0) is 29.9 Å². The average Bonchev–Trinajstić information content (AvgIpc) is 3.47. The molecule has 0 radical (unpaired) electrons. The summed E-state index contributed by atoms with van der Waals surface area (Å²) in [7, 11) is 3.04. The Bertz CT molecular complexity index is 1200. The van der Waals surface area contributed by atoms with E-state index in [-0.39, 0.29) is 16.6 Å². The highest BCUT2D eigenvalue weighted by atomic mass is 32.1. The van der Waals surface area contributed by atoms with Crippen LogP contribution in [0.5, 0.6) is 0 Å². The molecule has 1 aliphatic rings. The molecule has 0 saturated heterocycles. The van der Waals surface area contributed by atoms with E-state index in [0.717, 1.165) is 23.1 Å². The van der Waals surface area contributed by atoms with Crippen LogP contribution in [0.2, 0.25) is 0 Å². The molecule has 1 amide bonds. The number of halogens is 3. The van der Waals surface area contributed by atoms with E-state index in [2.05, 4.69) is 30.1 Å². The SMILES string of the molecule is CC(C)c1ccccc1CN(C(=S)c1c(C(F)F)nn(C)c1F)C1CC1.Cn1cc(C(N)=O)cn1. The second-order valence-electron chi connectivity index (χ2n) is 8.76. The van der Waals surface area contributed by atoms with Crippen molar-refractivity contribution in [3.05, 3.63) is 70.6 Å². The Morgan fingerprint density at radius 1 is 1.26 bits per heavy atom. The van der Waals surface area contributed by atoms with E-state index in [1.165, 1.54) is 23.5 Å². The predicted octanol–water partition coefficient (Wildman–Crippen LogP) is 4.48. The van der Waals surface area contributed by atoms with Crippen molar-refractivity contribution in [2.45, 2.75) is 51.6 Å². The molecule has 3 aromatic rings. The molecule has 0 bridgehead atoms. The molecule has 1 aliphatic carbocycles. The lowest BCUT2D eigenvalue weighted by atomic mass is 9.97. The monoisotopic (exact) mass is 506 g/mol. The van der Waals surface area contributed by atoms with Crippen LogP contribution in [-0.4, -0.2) is 41.4 Å². The summed E-state index contributed by atoms with van der Waals surface area (Å²) in [6.07, 6.45) is 1.99. The third-order valence-corrected chi connectivity index (χ3v) is 6.12. The van der Waals surface area contributed by atoms with Gasteiger partial charge in [-0.25, -0.2) is 13.5 Å². The summed E-state index contributed by atoms with van der Waals surface area (Å²) in [4.78, 5) is 12.4. The molecule has 2 aromatic heterocycles. The first-order chi connectivity index (χ1) is 16.5. The van der Waals surface area contributed by atoms with Gasteiger partial charge in [0.15, 0.2) is 0 Å². The Morgan fingerprint density at radius 2 is 1.91 bits per heavy atom. The molecule has 35 heavy (non-hydrogen) atoms. The van der Waals surface area contributed by atoms with Crippen molar-refractivity contribution in [2.24, 2.45) is 19.8 Å². The van der Waals surface area contributed by atoms with Crippen LogP contribution in [0.25, 0.3) is 0 Å². The summed E-state index contributed by atoms with van der Waals surface area (Å²) in [6.45, 7) is 4.69. The molecule has 7 nitrogen and oxygen atoms in total. The lowest BCUT2D eigenvalue weighted by Gasteiger charge is -2.27. The highest BCUT2D eigenvalue weighted by molar-refractivity contribution is 7.80. The number of primary amides is 1. The second-order valence-corrected chi connectivity index (χ2v) is 9.15. The molecule has 4 rings (SSSR count). The van der Waals surface area contributed by atoms with Gasteiger partial charge in [0.05, 0.1) is 17.3 Å². The van der Waals surface area contributed by atoms with Crippen LogP contribution in [0.3, 0.4) is 0 Å². The third-order valence-electron chi connectivity index (χ3n) is 5.68. The first-order valence-corrected chi connectivity index (χ1v) is 11.6. The van der Waals surface area contributed by atoms with E-state index in [0.29, 0.717) is 18.0 Å². The lowest BCUT2D eigenvalue weighted by molar-refractivity contribution is 0.1000. The zero-order chi connectivity index (χ0) is 25.9. The second kappa shape index (κ2) is 11.0. The van der Waals surface area contributed by atoms with Gasteiger partial charge in [-0.15, -0.1) is 0 Å². The summed E-state index contributed by atoms with van der Waals surface area (Å²) >= 11 is 5.47. The fourth-order valence-electron chi connectivity index (χ4n) is 3.74. The largest absolute Gasteiger partial charge is 0.366 e. The number of alkyl halides is 2. The first kappa shape index (κ1) is 26.4. The fourth-order valence-corrected chi connectivity index (χ4v) is 4.15. The molecular formula is C24H29F3N6OS. The normalized spacial score (nSPS) is 13.1. The van der Waals surface area contributed by atoms with Crippen LogP contribution in [0.4, 0.5) is 13.2 Å². The van der Waals surface area contributed by atoms with Crippen molar-refractivity contribution in [1.29, 1.82) is 0 Å². The fraction of sp³-hybridized carbons (Fsp3) is 0.417. The van der Waals surface area contributed by atoms with Crippen LogP contribution in [0, 0.1) is 5.95 Å². The minimum atomic E-state index is -2.87. The number of rotatable bonds is 7. The molecule has 0 unspecified atom stereocenters. The number of carbonyl (C=O) groups excluding carboxylic acids is 1. The number of benzene rings is 1. The highest BCUT2D eigenvalue weighted by Gasteiger charge is 2.36. The maximum Gasteiger partial charge on any atom is 0.282 e. The van der Waals surface area contributed by atoms with Gasteiger partial charge in [0.25, 0.3) is 12.3 Å². The van der Waals surface area contributed by atoms with E-state index in [1.54, 1.807) is 13.2 Å². The maximum absolute atomic E-state index is 14.5. The molecule has 11 heteroatoms. The molecular weight excluding hydrogens is 477 g/mol. The quantitative estimate of drug-likeness (QED) is 0.478. The van der Waals surface area contributed by atoms with Gasteiger partial charge in [0.2, 0.25) is 5.95 Å². The number of hydrogen-bond acceptors (Lipinski definition) is 4. The van der Waals surface area contributed by atoms with Gasteiger partial charge in [0.1, 0.15) is 10.7 Å². The number of aromatic nitrogens is 4. The van der Waals surface area contributed by atoms with Gasteiger partial charge in [0, 0.05) is 32.9 Å². The number of nitrogens with zero attached hydrogens (tertiary/aromatic N) is 5. The number of amides is 1. The zero-order valence-corrected chi connectivity index (χ0v) is 20.9. The van der Waals surface area contributed by atoms with Gasteiger partial charge in [-0.2, -0.15) is 14.6 Å². The third kappa shape index (κ3) is 6.27. The number of carbonyl (C=O) groups is 1. The lowest BCUT2D eigenvalue weighted by Crippen LogP contribution is -2.33. The van der Waals surface area contributed by atoms with Gasteiger partial charge >= 0.3 is 0 Å². The topological polar surface area (TPSA) is 82.0 Å². The smallest absolute Gasteiger partial charge is 0.282 e. The van der Waals surface area contributed by atoms with Crippen molar-refractivity contribution in [3.63, 3.8) is 0 Å². The molecule has 2 N–H and O–H groups in total. The van der Waals surface area contributed by atoms with Gasteiger partial charge in [-0.1, -0.05) is 50.3 Å². The van der Waals surface area contributed by atoms with Crippen molar-refractivity contribution < 1.29 is 18.0 Å². The molecule has 188 valence electrons. The summed E-state index contributed by atoms with van der Waals surface area (Å²) in [5.41, 5.74) is 6.81. The summed E-state index contributed by atoms with van der Waals surface area (Å²) in [5.74, 6) is -0.927. The maximum atomic E-state index is 14.5. The summed E-state index contributed by atoms with van der Waals surface area (Å²) in [5, 5.41) is 7.38. The van der Waals surface area contributed by atoms with Gasteiger partial charge < -0.3 is 10.6 Å². The van der Waals surface area contributed by atoms with Crippen molar-refractivity contribution >= 4 is 23.1 Å². The van der Waals surface area contributed by atoms with Crippen LogP contribution < -0.4 is 5.73 Å². The van der Waals surface area contributed by atoms with E-state index < -0.39 is 24.0 Å². The number of thiocarbonyl (C=S) groups is 1. The standard InChI is InChI=1S/C19H22F3N3S.C5H7N3O/c1-11(2)14-7-5-4-6-12(14)10-25(13-8-9-13)19(26)15-16(17(20)21)23-24(3)18(15)22;1-8-3-4(2-7-8)5(6)9/h4-7,11,13,17H,8-10H2,1-3H3;2-3H,1H3,(H2,6,9). The van der Waals surface area contributed by atoms with Crippen LogP contribution in [0.1, 0.15) is 71.8 Å². The number of aryl methyl sites for hydroxylation is 2. The molecule has 1 aromatic carbocycles. The summed E-state index contributed by atoms with van der Waals surface area (Å²) < 4.78 is 43.5. The Hall–Kier alpha value is -3.21. The van der Waals surface area contributed by atoms with Crippen molar-refractivity contribution in [3.8, 4) is 0 Å². The average molecular weight is 507 g/mol. The van der Waals surface area contributed by atoms with E-state index >= 15 is 0 Å². The van der Waals surface area contributed by atoms with E-state index in [4.69, 9.17) is 18.0 Å². The Labute approximate surface area is 207 Å². The van der Waals surface area contributed by atoms with Crippen LogP contribution in [-0.2, 0) is 20.6 Å². The van der Waals surface area contributed by atoms with E-state index in [9.17, 15) is 18.0 Å². The van der Waals surface area contributed by atoms with Crippen molar-refractivity contribution in [1.82, 2.24) is 24.5 Å². The molecule has 1 fully saturated rings. The number of nitrogens with two attached hydrogens (primary N) is 1. The zero-order valence-electron chi connectivity index (χ0n) is 20.1. The molecule has 1 saturated carbocycles. The molecule has 0 spiro atoms. The van der Waals surface area contributed by atoms with E-state index in [1.807, 2.05) is 23.1 Å². The first-order valence-electron chi connectivity index (χ1n) is 11.2. The van der Waals surface area contributed by atoms with Crippen LogP contribution >= 0.6 is 12.2 Å².